The molecular weight excluding hydrogens is 530 g/mol. The first kappa shape index (κ1) is 25.8. The van der Waals surface area contributed by atoms with E-state index in [4.69, 9.17) is 10.7 Å². The van der Waals surface area contributed by atoms with Gasteiger partial charge >= 0.3 is 0 Å². The van der Waals surface area contributed by atoms with Gasteiger partial charge in [0, 0.05) is 47.1 Å². The van der Waals surface area contributed by atoms with Crippen LogP contribution in [-0.2, 0) is 0 Å². The fraction of sp³-hybridized carbons (Fsp3) is 0.250. The van der Waals surface area contributed by atoms with Crippen molar-refractivity contribution in [2.75, 3.05) is 5.73 Å². The first-order valence-electron chi connectivity index (χ1n) is 14.1. The van der Waals surface area contributed by atoms with Gasteiger partial charge in [-0.2, -0.15) is 9.61 Å². The lowest BCUT2D eigenvalue weighted by atomic mass is 9.85. The van der Waals surface area contributed by atoms with Gasteiger partial charge in [0.15, 0.2) is 11.4 Å². The summed E-state index contributed by atoms with van der Waals surface area (Å²) >= 11 is 0. The van der Waals surface area contributed by atoms with Gasteiger partial charge in [0.2, 0.25) is 0 Å². The van der Waals surface area contributed by atoms with Crippen LogP contribution in [0.25, 0.3) is 28.0 Å². The molecule has 10 heteroatoms. The Hall–Kier alpha value is -5.12. The Morgan fingerprint density at radius 1 is 0.952 bits per heavy atom. The smallest absolute Gasteiger partial charge is 0.256 e. The molecule has 6 heterocycles. The fourth-order valence-corrected chi connectivity index (χ4v) is 6.65. The molecule has 2 fully saturated rings. The highest BCUT2D eigenvalue weighted by molar-refractivity contribution is 6.00. The van der Waals surface area contributed by atoms with Crippen molar-refractivity contribution in [2.24, 2.45) is 0 Å². The first-order chi connectivity index (χ1) is 20.4. The van der Waals surface area contributed by atoms with Crippen LogP contribution in [0.5, 0.6) is 5.75 Å². The van der Waals surface area contributed by atoms with Crippen LogP contribution >= 0.6 is 0 Å². The van der Waals surface area contributed by atoms with Gasteiger partial charge in [-0.05, 0) is 44.7 Å². The third kappa shape index (κ3) is 4.27. The highest BCUT2D eigenvalue weighted by Gasteiger charge is 2.45. The van der Waals surface area contributed by atoms with Crippen LogP contribution in [0.3, 0.4) is 0 Å². The number of ketones is 1. The van der Waals surface area contributed by atoms with Gasteiger partial charge in [-0.15, -0.1) is 0 Å². The number of amides is 1. The van der Waals surface area contributed by atoms with Gasteiger partial charge in [-0.25, -0.2) is 4.98 Å². The number of pyridine rings is 2. The van der Waals surface area contributed by atoms with Gasteiger partial charge in [0.05, 0.1) is 34.9 Å². The number of nitrogens with two attached hydrogens (primary N) is 1. The number of aromatic nitrogens is 5. The summed E-state index contributed by atoms with van der Waals surface area (Å²) in [7, 11) is 0. The number of carbonyl (C=O) groups excluding carboxylic acids is 2. The van der Waals surface area contributed by atoms with E-state index in [1.165, 1.54) is 29.9 Å². The van der Waals surface area contributed by atoms with Crippen LogP contribution < -0.4 is 5.73 Å². The second-order valence-electron chi connectivity index (χ2n) is 11.1. The van der Waals surface area contributed by atoms with Crippen molar-refractivity contribution in [2.45, 2.75) is 50.6 Å². The Balaban J connectivity index is 1.24. The molecular formula is C32H29N7O3. The molecule has 0 saturated carbocycles. The standard InChI is InChI=1S/C32H29N7O3/c1-18(40)28-29(21-11-23-8-9-24(12-21)38(23)32(42)22-13-25(41)16-34-14-22)37-31-26(17-36-39(31)30(28)33)20-7-10-27(35-15-20)19-5-3-2-4-6-19/h2-7,10,13-17,21,23-24,41H,8-9,11-12,33H2,1H3/t21-,23-,24+. The second kappa shape index (κ2) is 10.1. The third-order valence-electron chi connectivity index (χ3n) is 8.53. The maximum atomic E-state index is 13.4. The predicted octanol–water partition coefficient (Wildman–Crippen LogP) is 4.89. The molecule has 0 spiro atoms. The van der Waals surface area contributed by atoms with Gasteiger partial charge in [-0.3, -0.25) is 19.6 Å². The Morgan fingerprint density at radius 3 is 2.38 bits per heavy atom. The summed E-state index contributed by atoms with van der Waals surface area (Å²) in [6.07, 6.45) is 9.36. The van der Waals surface area contributed by atoms with Crippen molar-refractivity contribution in [1.82, 2.24) is 29.5 Å². The molecule has 210 valence electrons. The minimum Gasteiger partial charge on any atom is -0.506 e. The quantitative estimate of drug-likeness (QED) is 0.290. The number of carbonyl (C=O) groups is 2. The number of rotatable bonds is 5. The Morgan fingerprint density at radius 2 is 1.71 bits per heavy atom. The van der Waals surface area contributed by atoms with Gasteiger partial charge < -0.3 is 15.7 Å². The summed E-state index contributed by atoms with van der Waals surface area (Å²) in [5.41, 5.74) is 12.1. The molecule has 42 heavy (non-hydrogen) atoms. The average molecular weight is 560 g/mol. The zero-order valence-corrected chi connectivity index (χ0v) is 23.0. The molecule has 5 aromatic rings. The van der Waals surface area contributed by atoms with Crippen molar-refractivity contribution < 1.29 is 14.7 Å². The number of hydrogen-bond acceptors (Lipinski definition) is 8. The number of Topliss-reactive ketones (excluding diaryl/α,β-unsaturated/α-hetero) is 1. The molecule has 0 aliphatic carbocycles. The normalized spacial score (nSPS) is 19.7. The fourth-order valence-electron chi connectivity index (χ4n) is 6.65. The number of nitrogen functional groups attached to an aromatic ring is 1. The van der Waals surface area contributed by atoms with Crippen LogP contribution in [0.1, 0.15) is 64.9 Å². The second-order valence-corrected chi connectivity index (χ2v) is 11.1. The molecule has 2 aliphatic rings. The molecule has 3 atom stereocenters. The number of anilines is 1. The van der Waals surface area contributed by atoms with E-state index in [-0.39, 0.29) is 41.3 Å². The summed E-state index contributed by atoms with van der Waals surface area (Å²) in [6.45, 7) is 1.50. The number of benzene rings is 1. The van der Waals surface area contributed by atoms with Crippen molar-refractivity contribution in [3.63, 3.8) is 0 Å². The van der Waals surface area contributed by atoms with Gasteiger partial charge in [-0.1, -0.05) is 36.4 Å². The maximum Gasteiger partial charge on any atom is 0.256 e. The number of aromatic hydroxyl groups is 1. The molecule has 1 aromatic carbocycles. The van der Waals surface area contributed by atoms with Gasteiger partial charge in [0.25, 0.3) is 5.91 Å². The number of nitrogens with zero attached hydrogens (tertiary/aromatic N) is 6. The average Bonchev–Trinajstić information content (AvgIpc) is 3.55. The van der Waals surface area contributed by atoms with Crippen molar-refractivity contribution in [3.05, 3.63) is 90.1 Å². The monoisotopic (exact) mass is 559 g/mol. The Bertz CT molecular complexity index is 1820. The van der Waals surface area contributed by atoms with Crippen LogP contribution in [0.15, 0.2) is 73.3 Å². The Labute approximate surface area is 241 Å². The van der Waals surface area contributed by atoms with Crippen molar-refractivity contribution in [1.29, 1.82) is 0 Å². The van der Waals surface area contributed by atoms with E-state index in [1.54, 1.807) is 12.4 Å². The van der Waals surface area contributed by atoms with Crippen LogP contribution in [-0.4, -0.2) is 58.3 Å². The number of hydrogen-bond donors (Lipinski definition) is 2. The molecule has 3 N–H and O–H groups in total. The summed E-state index contributed by atoms with van der Waals surface area (Å²) in [4.78, 5) is 42.0. The largest absolute Gasteiger partial charge is 0.506 e. The van der Waals surface area contributed by atoms with E-state index in [2.05, 4.69) is 15.1 Å². The van der Waals surface area contributed by atoms with Crippen molar-refractivity contribution in [3.8, 4) is 28.1 Å². The van der Waals surface area contributed by atoms with Crippen molar-refractivity contribution >= 4 is 23.2 Å². The van der Waals surface area contributed by atoms with E-state index in [9.17, 15) is 14.7 Å². The maximum absolute atomic E-state index is 13.4. The molecule has 1 amide bonds. The summed E-state index contributed by atoms with van der Waals surface area (Å²) < 4.78 is 1.53. The van der Waals surface area contributed by atoms with Gasteiger partial charge in [0.1, 0.15) is 11.6 Å². The molecule has 7 rings (SSSR count). The van der Waals surface area contributed by atoms with E-state index in [0.717, 1.165) is 35.2 Å². The zero-order chi connectivity index (χ0) is 29.0. The zero-order valence-electron chi connectivity index (χ0n) is 23.0. The molecule has 2 saturated heterocycles. The molecule has 4 aromatic heterocycles. The lowest BCUT2D eigenvalue weighted by Gasteiger charge is -2.39. The minimum atomic E-state index is -0.167. The summed E-state index contributed by atoms with van der Waals surface area (Å²) in [5.74, 6) is -0.132. The lowest BCUT2D eigenvalue weighted by molar-refractivity contribution is 0.0567. The third-order valence-corrected chi connectivity index (χ3v) is 8.53. The number of piperidine rings is 1. The van der Waals surface area contributed by atoms with E-state index < -0.39 is 0 Å². The molecule has 0 radical (unpaired) electrons. The Kier molecular flexibility index (Phi) is 6.18. The topological polar surface area (TPSA) is 140 Å². The minimum absolute atomic E-state index is 0.0122. The van der Waals surface area contributed by atoms with Crippen LogP contribution in [0, 0.1) is 0 Å². The first-order valence-corrected chi connectivity index (χ1v) is 14.1. The van der Waals surface area contributed by atoms with Crippen LogP contribution in [0.4, 0.5) is 5.82 Å². The predicted molar refractivity (Wildman–Crippen MR) is 157 cm³/mol. The molecule has 2 bridgehead atoms. The SMILES string of the molecule is CC(=O)c1c([C@@H]2C[C@H]3CC[C@@H](C2)N3C(=O)c2cncc(O)c2)nc2c(-c3ccc(-c4ccccc4)nc3)cnn2c1N. The highest BCUT2D eigenvalue weighted by Crippen LogP contribution is 2.45. The molecule has 10 nitrogen and oxygen atoms in total. The molecule has 2 aliphatic heterocycles. The number of fused-ring (bicyclic) bond motifs is 3. The van der Waals surface area contributed by atoms with E-state index in [0.29, 0.717) is 35.3 Å². The van der Waals surface area contributed by atoms with Crippen LogP contribution in [0.2, 0.25) is 0 Å². The van der Waals surface area contributed by atoms with E-state index >= 15 is 0 Å². The highest BCUT2D eigenvalue weighted by atomic mass is 16.3. The summed E-state index contributed by atoms with van der Waals surface area (Å²) in [6, 6.07) is 15.3. The lowest BCUT2D eigenvalue weighted by Crippen LogP contribution is -2.46. The van der Waals surface area contributed by atoms with E-state index in [1.807, 2.05) is 47.4 Å². The summed E-state index contributed by atoms with van der Waals surface area (Å²) in [5, 5.41) is 14.3. The molecule has 0 unspecified atom stereocenters.